The number of rotatable bonds is 1. The van der Waals surface area contributed by atoms with Gasteiger partial charge in [-0.2, -0.15) is 0 Å². The van der Waals surface area contributed by atoms with Crippen LogP contribution in [0, 0.1) is 0 Å². The molecule has 0 saturated carbocycles. The van der Waals surface area contributed by atoms with Crippen LogP contribution >= 0.6 is 0 Å². The van der Waals surface area contributed by atoms with E-state index in [2.05, 4.69) is 0 Å². The summed E-state index contributed by atoms with van der Waals surface area (Å²) in [5.41, 5.74) is 20.3. The van der Waals surface area contributed by atoms with Crippen LogP contribution in [0.15, 0.2) is 24.0 Å². The zero-order chi connectivity index (χ0) is 9.41. The number of methoxy groups -OCH3 is 1. The van der Waals surface area contributed by atoms with Crippen LogP contribution in [0.5, 0.6) is 0 Å². The molecule has 0 radical (unpaired) electrons. The minimum atomic E-state index is -1.10. The molecule has 0 saturated heterocycles. The molecular formula is C7H14N4O. The molecule has 0 aliphatic heterocycles. The van der Waals surface area contributed by atoms with E-state index < -0.39 is 11.3 Å². The largest absolute Gasteiger partial charge is 0.498 e. The standard InChI is InChI=1S/C7H14N4O/c1-12-5-4-6(8,9)2-3-7(5,10)11/h2-4H,8-11H2,1H3. The van der Waals surface area contributed by atoms with E-state index in [9.17, 15) is 0 Å². The van der Waals surface area contributed by atoms with Crippen molar-refractivity contribution in [2.45, 2.75) is 11.3 Å². The van der Waals surface area contributed by atoms with E-state index in [0.717, 1.165) is 0 Å². The van der Waals surface area contributed by atoms with E-state index in [1.54, 1.807) is 0 Å². The van der Waals surface area contributed by atoms with Gasteiger partial charge in [0.1, 0.15) is 17.1 Å². The molecule has 0 bridgehead atoms. The Morgan fingerprint density at radius 2 is 1.75 bits per heavy atom. The van der Waals surface area contributed by atoms with Crippen molar-refractivity contribution >= 4 is 0 Å². The third-order valence-electron chi connectivity index (χ3n) is 1.68. The lowest BCUT2D eigenvalue weighted by atomic mass is 9.97. The summed E-state index contributed by atoms with van der Waals surface area (Å²) >= 11 is 0. The molecule has 0 spiro atoms. The minimum absolute atomic E-state index is 0.370. The Bertz CT molecular complexity index is 242. The topological polar surface area (TPSA) is 113 Å². The fourth-order valence-electron chi connectivity index (χ4n) is 1.00. The molecule has 5 nitrogen and oxygen atoms in total. The number of hydrogen-bond acceptors (Lipinski definition) is 5. The number of ether oxygens (including phenoxy) is 1. The van der Waals surface area contributed by atoms with E-state index in [1.165, 1.54) is 25.3 Å². The average molecular weight is 170 g/mol. The van der Waals surface area contributed by atoms with E-state index >= 15 is 0 Å². The molecule has 12 heavy (non-hydrogen) atoms. The summed E-state index contributed by atoms with van der Waals surface area (Å²) in [4.78, 5) is 0. The molecule has 0 heterocycles. The number of nitrogens with two attached hydrogens (primary N) is 4. The van der Waals surface area contributed by atoms with Gasteiger partial charge in [0.2, 0.25) is 0 Å². The minimum Gasteiger partial charge on any atom is -0.498 e. The van der Waals surface area contributed by atoms with Crippen LogP contribution in [0.25, 0.3) is 0 Å². The molecule has 0 aromatic rings. The Hall–Kier alpha value is -0.880. The zero-order valence-corrected chi connectivity index (χ0v) is 6.95. The maximum Gasteiger partial charge on any atom is 0.142 e. The summed E-state index contributed by atoms with van der Waals surface area (Å²) in [5, 5.41) is 0. The monoisotopic (exact) mass is 170 g/mol. The van der Waals surface area contributed by atoms with Crippen molar-refractivity contribution in [2.75, 3.05) is 7.11 Å². The van der Waals surface area contributed by atoms with Gasteiger partial charge in [-0.25, -0.2) is 0 Å². The first-order chi connectivity index (χ1) is 5.37. The van der Waals surface area contributed by atoms with Crippen LogP contribution in [-0.2, 0) is 4.74 Å². The van der Waals surface area contributed by atoms with Crippen molar-refractivity contribution in [3.63, 3.8) is 0 Å². The Balaban J connectivity index is 3.00. The van der Waals surface area contributed by atoms with Crippen molar-refractivity contribution in [1.82, 2.24) is 0 Å². The molecule has 0 atom stereocenters. The fraction of sp³-hybridized carbons (Fsp3) is 0.429. The molecule has 1 rings (SSSR count). The predicted molar refractivity (Wildman–Crippen MR) is 46.4 cm³/mol. The molecule has 1 aliphatic rings. The summed E-state index contributed by atoms with van der Waals surface area (Å²) in [5.74, 6) is 0.370. The van der Waals surface area contributed by atoms with E-state index in [0.29, 0.717) is 5.76 Å². The van der Waals surface area contributed by atoms with Gasteiger partial charge in [-0.1, -0.05) is 0 Å². The summed E-state index contributed by atoms with van der Waals surface area (Å²) < 4.78 is 4.94. The third-order valence-corrected chi connectivity index (χ3v) is 1.68. The van der Waals surface area contributed by atoms with Crippen LogP contribution in [-0.4, -0.2) is 18.4 Å². The Labute approximate surface area is 71.0 Å². The molecule has 1 aliphatic carbocycles. The maximum atomic E-state index is 5.64. The maximum absolute atomic E-state index is 5.64. The van der Waals surface area contributed by atoms with Gasteiger partial charge in [0.15, 0.2) is 0 Å². The lowest BCUT2D eigenvalue weighted by Crippen LogP contribution is -2.57. The quantitative estimate of drug-likeness (QED) is 0.277. The Kier molecular flexibility index (Phi) is 1.97. The molecule has 8 N–H and O–H groups in total. The van der Waals surface area contributed by atoms with Crippen molar-refractivity contribution < 1.29 is 4.74 Å². The molecule has 5 heteroatoms. The lowest BCUT2D eigenvalue weighted by Gasteiger charge is -2.31. The first-order valence-electron chi connectivity index (χ1n) is 3.51. The normalized spacial score (nSPS) is 24.9. The van der Waals surface area contributed by atoms with Gasteiger partial charge in [-0.15, -0.1) is 0 Å². The van der Waals surface area contributed by atoms with Gasteiger partial charge in [-0.3, -0.25) is 0 Å². The second-order valence-corrected chi connectivity index (χ2v) is 2.98. The highest BCUT2D eigenvalue weighted by Gasteiger charge is 2.30. The first-order valence-corrected chi connectivity index (χ1v) is 3.51. The third kappa shape index (κ3) is 1.64. The second-order valence-electron chi connectivity index (χ2n) is 2.98. The number of hydrogen-bond donors (Lipinski definition) is 4. The molecule has 68 valence electrons. The van der Waals surface area contributed by atoms with Crippen LogP contribution < -0.4 is 22.9 Å². The van der Waals surface area contributed by atoms with E-state index in [1.807, 2.05) is 0 Å². The zero-order valence-electron chi connectivity index (χ0n) is 6.95. The molecule has 0 fully saturated rings. The van der Waals surface area contributed by atoms with Crippen molar-refractivity contribution in [1.29, 1.82) is 0 Å². The van der Waals surface area contributed by atoms with Crippen molar-refractivity contribution in [3.8, 4) is 0 Å². The van der Waals surface area contributed by atoms with Crippen LogP contribution in [0.2, 0.25) is 0 Å². The van der Waals surface area contributed by atoms with Crippen molar-refractivity contribution in [3.05, 3.63) is 24.0 Å². The highest BCUT2D eigenvalue weighted by Crippen LogP contribution is 2.19. The second kappa shape index (κ2) is 2.56. The van der Waals surface area contributed by atoms with Gasteiger partial charge >= 0.3 is 0 Å². The van der Waals surface area contributed by atoms with Crippen LogP contribution in [0.1, 0.15) is 0 Å². The molecule has 0 unspecified atom stereocenters. The highest BCUT2D eigenvalue weighted by molar-refractivity contribution is 5.33. The SMILES string of the molecule is COC1=CC(N)(N)C=CC1(N)N. The van der Waals surface area contributed by atoms with E-state index in [4.69, 9.17) is 27.7 Å². The van der Waals surface area contributed by atoms with Crippen LogP contribution in [0.4, 0.5) is 0 Å². The fourth-order valence-corrected chi connectivity index (χ4v) is 1.00. The van der Waals surface area contributed by atoms with Gasteiger partial charge in [0, 0.05) is 0 Å². The van der Waals surface area contributed by atoms with Crippen molar-refractivity contribution in [2.24, 2.45) is 22.9 Å². The summed E-state index contributed by atoms with van der Waals surface area (Å²) in [7, 11) is 1.47. The molecule has 0 amide bonds. The highest BCUT2D eigenvalue weighted by atomic mass is 16.5. The molecular weight excluding hydrogens is 156 g/mol. The average Bonchev–Trinajstić information content (AvgIpc) is 1.95. The summed E-state index contributed by atoms with van der Waals surface area (Å²) in [6, 6.07) is 0. The van der Waals surface area contributed by atoms with Gasteiger partial charge in [0.25, 0.3) is 0 Å². The first kappa shape index (κ1) is 9.21. The smallest absolute Gasteiger partial charge is 0.142 e. The molecule has 0 aromatic carbocycles. The Morgan fingerprint density at radius 1 is 1.17 bits per heavy atom. The summed E-state index contributed by atoms with van der Waals surface area (Å²) in [6.45, 7) is 0. The Morgan fingerprint density at radius 3 is 2.17 bits per heavy atom. The predicted octanol–water partition coefficient (Wildman–Crippen LogP) is -1.69. The van der Waals surface area contributed by atoms with Gasteiger partial charge in [0.05, 0.1) is 7.11 Å². The van der Waals surface area contributed by atoms with Gasteiger partial charge in [-0.05, 0) is 18.2 Å². The lowest BCUT2D eigenvalue weighted by molar-refractivity contribution is 0.235. The van der Waals surface area contributed by atoms with Crippen LogP contribution in [0.3, 0.4) is 0 Å². The molecule has 0 aromatic heterocycles. The summed E-state index contributed by atoms with van der Waals surface area (Å²) in [6.07, 6.45) is 4.55. The van der Waals surface area contributed by atoms with Gasteiger partial charge < -0.3 is 27.7 Å². The van der Waals surface area contributed by atoms with E-state index in [-0.39, 0.29) is 0 Å².